The summed E-state index contributed by atoms with van der Waals surface area (Å²) in [6.45, 7) is 8.10. The Morgan fingerprint density at radius 1 is 0.615 bits per heavy atom. The molecule has 0 aliphatic carbocycles. The summed E-state index contributed by atoms with van der Waals surface area (Å²) in [6.07, 6.45) is 17.5. The Kier molecular flexibility index (Phi) is 26.4. The summed E-state index contributed by atoms with van der Waals surface area (Å²) in [7, 11) is 0. The Morgan fingerprint density at radius 2 is 1.18 bits per heavy atom. The highest BCUT2D eigenvalue weighted by Crippen LogP contribution is 2.11. The molecule has 0 aromatic heterocycles. The lowest BCUT2D eigenvalue weighted by molar-refractivity contribution is -0.145. The molecule has 0 heterocycles. The van der Waals surface area contributed by atoms with E-state index in [1.807, 2.05) is 30.3 Å². The van der Waals surface area contributed by atoms with Gasteiger partial charge in [0.2, 0.25) is 0 Å². The quantitative estimate of drug-likeness (QED) is 0.0660. The van der Waals surface area contributed by atoms with Gasteiger partial charge >= 0.3 is 5.97 Å². The number of hydrogen-bond acceptors (Lipinski definition) is 7. The normalized spacial score (nSPS) is 11.1. The van der Waals surface area contributed by atoms with Crippen molar-refractivity contribution in [3.63, 3.8) is 0 Å². The maximum atomic E-state index is 11.8. The van der Waals surface area contributed by atoms with Crippen LogP contribution in [0.25, 0.3) is 0 Å². The van der Waals surface area contributed by atoms with Gasteiger partial charge in [-0.25, -0.2) is 0 Å². The molecule has 0 atom stereocenters. The van der Waals surface area contributed by atoms with E-state index in [0.717, 1.165) is 103 Å². The first kappa shape index (κ1) is 35.2. The standard InChI is InChI=1S/C32H57N3O4/c36-27-15-9-14-21-33-23-16-24-34-25-17-28-38-29-26-35-22-13-7-5-3-1-2-4-6-12-20-32(37)39-30-31-18-10-8-11-19-31/h8,10-11,18-19,27,33-35H,1-7,9,12-17,20-26,28-30H2. The largest absolute Gasteiger partial charge is 0.461 e. The monoisotopic (exact) mass is 547 g/mol. The van der Waals surface area contributed by atoms with Crippen molar-refractivity contribution in [2.24, 2.45) is 0 Å². The zero-order valence-corrected chi connectivity index (χ0v) is 24.6. The van der Waals surface area contributed by atoms with Crippen LogP contribution in [0.3, 0.4) is 0 Å². The fourth-order valence-corrected chi connectivity index (χ4v) is 4.30. The number of aldehydes is 1. The van der Waals surface area contributed by atoms with Crippen molar-refractivity contribution in [3.8, 4) is 0 Å². The van der Waals surface area contributed by atoms with Gasteiger partial charge in [0.15, 0.2) is 0 Å². The number of unbranched alkanes of at least 4 members (excludes halogenated alkanes) is 10. The van der Waals surface area contributed by atoms with Crippen LogP contribution in [0.1, 0.15) is 102 Å². The van der Waals surface area contributed by atoms with E-state index in [0.29, 0.717) is 19.4 Å². The van der Waals surface area contributed by atoms with Gasteiger partial charge in [-0.15, -0.1) is 0 Å². The van der Waals surface area contributed by atoms with Crippen LogP contribution in [0.4, 0.5) is 0 Å². The fourth-order valence-electron chi connectivity index (χ4n) is 4.30. The van der Waals surface area contributed by atoms with E-state index < -0.39 is 0 Å². The summed E-state index contributed by atoms with van der Waals surface area (Å²) < 4.78 is 11.0. The summed E-state index contributed by atoms with van der Waals surface area (Å²) in [6, 6.07) is 9.85. The van der Waals surface area contributed by atoms with Crippen molar-refractivity contribution in [1.82, 2.24) is 16.0 Å². The Bertz CT molecular complexity index is 660. The van der Waals surface area contributed by atoms with Crippen LogP contribution in [0, 0.1) is 0 Å². The molecule has 1 aromatic carbocycles. The highest BCUT2D eigenvalue weighted by molar-refractivity contribution is 5.69. The molecule has 0 fully saturated rings. The molecule has 0 radical (unpaired) electrons. The average Bonchev–Trinajstić information content (AvgIpc) is 2.96. The SMILES string of the molecule is O=CCCCCNCCCNCCCOCCNCCCCCCCCCCCC(=O)OCc1ccccc1. The minimum Gasteiger partial charge on any atom is -0.461 e. The van der Waals surface area contributed by atoms with Crippen LogP contribution in [0.2, 0.25) is 0 Å². The number of hydrogen-bond donors (Lipinski definition) is 3. The second-order valence-electron chi connectivity index (χ2n) is 10.3. The Hall–Kier alpha value is -1.80. The molecule has 0 aliphatic rings. The molecule has 0 saturated carbocycles. The topological polar surface area (TPSA) is 88.7 Å². The third-order valence-corrected chi connectivity index (χ3v) is 6.68. The second-order valence-corrected chi connectivity index (χ2v) is 10.3. The van der Waals surface area contributed by atoms with Crippen LogP contribution < -0.4 is 16.0 Å². The molecule has 1 rings (SSSR count). The van der Waals surface area contributed by atoms with Gasteiger partial charge in [-0.2, -0.15) is 0 Å². The number of benzene rings is 1. The molecule has 1 aromatic rings. The van der Waals surface area contributed by atoms with Crippen LogP contribution in [0.15, 0.2) is 30.3 Å². The van der Waals surface area contributed by atoms with E-state index in [9.17, 15) is 9.59 Å². The Labute approximate surface area is 238 Å². The second kappa shape index (κ2) is 29.2. The van der Waals surface area contributed by atoms with Gasteiger partial charge in [-0.1, -0.05) is 75.3 Å². The molecule has 224 valence electrons. The minimum absolute atomic E-state index is 0.0811. The molecule has 0 spiro atoms. The Balaban J connectivity index is 1.66. The van der Waals surface area contributed by atoms with E-state index in [4.69, 9.17) is 9.47 Å². The minimum atomic E-state index is -0.0811. The van der Waals surface area contributed by atoms with E-state index in [-0.39, 0.29) is 5.97 Å². The number of esters is 1. The Morgan fingerprint density at radius 3 is 1.87 bits per heavy atom. The predicted octanol–water partition coefficient (Wildman–Crippen LogP) is 5.57. The van der Waals surface area contributed by atoms with Gasteiger partial charge in [0.25, 0.3) is 0 Å². The lowest BCUT2D eigenvalue weighted by Crippen LogP contribution is -2.24. The van der Waals surface area contributed by atoms with Gasteiger partial charge in [0.05, 0.1) is 6.61 Å². The maximum Gasteiger partial charge on any atom is 0.306 e. The molecule has 0 bridgehead atoms. The first-order valence-corrected chi connectivity index (χ1v) is 15.7. The lowest BCUT2D eigenvalue weighted by atomic mass is 10.1. The summed E-state index contributed by atoms with van der Waals surface area (Å²) in [4.78, 5) is 22.1. The van der Waals surface area contributed by atoms with E-state index in [2.05, 4.69) is 16.0 Å². The zero-order valence-electron chi connectivity index (χ0n) is 24.6. The van der Waals surface area contributed by atoms with Crippen molar-refractivity contribution in [1.29, 1.82) is 0 Å². The first-order valence-electron chi connectivity index (χ1n) is 15.7. The highest BCUT2D eigenvalue weighted by atomic mass is 16.5. The van der Waals surface area contributed by atoms with Crippen molar-refractivity contribution in [2.45, 2.75) is 103 Å². The van der Waals surface area contributed by atoms with Crippen molar-refractivity contribution >= 4 is 12.3 Å². The molecule has 7 nitrogen and oxygen atoms in total. The van der Waals surface area contributed by atoms with E-state index >= 15 is 0 Å². The van der Waals surface area contributed by atoms with Crippen LogP contribution >= 0.6 is 0 Å². The summed E-state index contributed by atoms with van der Waals surface area (Å²) in [5.74, 6) is -0.0811. The fraction of sp³-hybridized carbons (Fsp3) is 0.750. The summed E-state index contributed by atoms with van der Waals surface area (Å²) in [5, 5.41) is 10.4. The number of nitrogens with one attached hydrogen (secondary N) is 3. The van der Waals surface area contributed by atoms with Crippen LogP contribution in [0.5, 0.6) is 0 Å². The maximum absolute atomic E-state index is 11.8. The van der Waals surface area contributed by atoms with Gasteiger partial charge in [-0.05, 0) is 76.8 Å². The number of carbonyl (C=O) groups excluding carboxylic acids is 2. The molecule has 0 saturated heterocycles. The van der Waals surface area contributed by atoms with E-state index in [1.165, 1.54) is 44.9 Å². The third-order valence-electron chi connectivity index (χ3n) is 6.68. The lowest BCUT2D eigenvalue weighted by Gasteiger charge is -2.08. The first-order chi connectivity index (χ1) is 19.3. The number of rotatable bonds is 30. The van der Waals surface area contributed by atoms with E-state index in [1.54, 1.807) is 0 Å². The van der Waals surface area contributed by atoms with Gasteiger partial charge in [0, 0.05) is 26.0 Å². The molecule has 0 unspecified atom stereocenters. The smallest absolute Gasteiger partial charge is 0.306 e. The van der Waals surface area contributed by atoms with Crippen LogP contribution in [-0.4, -0.2) is 64.7 Å². The average molecular weight is 548 g/mol. The van der Waals surface area contributed by atoms with Crippen molar-refractivity contribution in [3.05, 3.63) is 35.9 Å². The van der Waals surface area contributed by atoms with Gasteiger partial charge in [0.1, 0.15) is 12.9 Å². The number of carbonyl (C=O) groups is 2. The van der Waals surface area contributed by atoms with Crippen molar-refractivity contribution in [2.75, 3.05) is 52.5 Å². The van der Waals surface area contributed by atoms with Crippen molar-refractivity contribution < 1.29 is 19.1 Å². The zero-order chi connectivity index (χ0) is 27.9. The highest BCUT2D eigenvalue weighted by Gasteiger charge is 2.03. The molecule has 39 heavy (non-hydrogen) atoms. The van der Waals surface area contributed by atoms with Gasteiger partial charge < -0.3 is 30.2 Å². The van der Waals surface area contributed by atoms with Crippen LogP contribution in [-0.2, 0) is 25.7 Å². The molecule has 7 heteroatoms. The number of ether oxygens (including phenoxy) is 2. The predicted molar refractivity (Wildman–Crippen MR) is 161 cm³/mol. The molecule has 0 amide bonds. The summed E-state index contributed by atoms with van der Waals surface area (Å²) in [5.41, 5.74) is 1.04. The van der Waals surface area contributed by atoms with Gasteiger partial charge in [-0.3, -0.25) is 4.79 Å². The molecular weight excluding hydrogens is 490 g/mol. The molecule has 0 aliphatic heterocycles. The summed E-state index contributed by atoms with van der Waals surface area (Å²) >= 11 is 0. The third kappa shape index (κ3) is 26.2. The molecule has 3 N–H and O–H groups in total. The molecular formula is C32H57N3O4.